The molecule has 0 aliphatic carbocycles. The summed E-state index contributed by atoms with van der Waals surface area (Å²) in [6.45, 7) is 6.31. The van der Waals surface area contributed by atoms with E-state index in [1.165, 1.54) is 6.07 Å². The number of rotatable bonds is 7. The third-order valence-corrected chi connectivity index (χ3v) is 3.31. The Kier molecular flexibility index (Phi) is 4.92. The van der Waals surface area contributed by atoms with Crippen LogP contribution in [0.1, 0.15) is 32.3 Å². The Morgan fingerprint density at radius 3 is 2.67 bits per heavy atom. The minimum Gasteiger partial charge on any atom is -0.377 e. The molecule has 0 aliphatic heterocycles. The summed E-state index contributed by atoms with van der Waals surface area (Å²) < 4.78 is 0. The van der Waals surface area contributed by atoms with Crippen LogP contribution in [0.2, 0.25) is 0 Å². The lowest BCUT2D eigenvalue weighted by Crippen LogP contribution is -2.18. The van der Waals surface area contributed by atoms with Crippen molar-refractivity contribution in [1.29, 1.82) is 0 Å². The molecule has 0 unspecified atom stereocenters. The number of nitro groups is 1. The zero-order chi connectivity index (χ0) is 15.2. The summed E-state index contributed by atoms with van der Waals surface area (Å²) in [5, 5.41) is 18.4. The molecule has 0 atom stereocenters. The van der Waals surface area contributed by atoms with Gasteiger partial charge in [-0.1, -0.05) is 13.8 Å². The van der Waals surface area contributed by atoms with Crippen LogP contribution in [-0.2, 0) is 0 Å². The van der Waals surface area contributed by atoms with Gasteiger partial charge in [-0.2, -0.15) is 5.10 Å². The molecular formula is C15H20N4O2. The lowest BCUT2D eigenvalue weighted by atomic mass is 10.1. The topological polar surface area (TPSA) is 75.1 Å². The van der Waals surface area contributed by atoms with E-state index in [4.69, 9.17) is 0 Å². The summed E-state index contributed by atoms with van der Waals surface area (Å²) in [6, 6.07) is 3.28. The number of nitrogens with one attached hydrogen (secondary N) is 1. The Hall–Kier alpha value is -2.37. The van der Waals surface area contributed by atoms with E-state index >= 15 is 0 Å². The smallest absolute Gasteiger partial charge is 0.294 e. The highest BCUT2D eigenvalue weighted by molar-refractivity contribution is 5.93. The van der Waals surface area contributed by atoms with Crippen LogP contribution < -0.4 is 0 Å². The lowest BCUT2D eigenvalue weighted by molar-refractivity contribution is -0.383. The van der Waals surface area contributed by atoms with Crippen molar-refractivity contribution < 1.29 is 4.92 Å². The Labute approximate surface area is 123 Å². The molecule has 6 heteroatoms. The van der Waals surface area contributed by atoms with Crippen LogP contribution in [0.3, 0.4) is 0 Å². The van der Waals surface area contributed by atoms with Crippen LogP contribution in [0.4, 0.5) is 5.69 Å². The van der Waals surface area contributed by atoms with Crippen molar-refractivity contribution in [2.75, 3.05) is 13.1 Å². The third kappa shape index (κ3) is 3.39. The first-order valence-corrected chi connectivity index (χ1v) is 7.20. The first kappa shape index (κ1) is 15.0. The normalized spacial score (nSPS) is 11.3. The lowest BCUT2D eigenvalue weighted by Gasteiger charge is -2.18. The number of nitro benzene ring substituents is 1. The second kappa shape index (κ2) is 6.88. The minimum atomic E-state index is -0.394. The number of hydrogen-bond donors (Lipinski definition) is 1. The van der Waals surface area contributed by atoms with Crippen molar-refractivity contribution in [3.63, 3.8) is 0 Å². The number of benzene rings is 1. The summed E-state index contributed by atoms with van der Waals surface area (Å²) in [6.07, 6.45) is 7.86. The summed E-state index contributed by atoms with van der Waals surface area (Å²) >= 11 is 0. The summed E-state index contributed by atoms with van der Waals surface area (Å²) in [5.74, 6) is 0. The molecule has 0 radical (unpaired) electrons. The number of hydrogen-bond acceptors (Lipinski definition) is 4. The van der Waals surface area contributed by atoms with E-state index in [1.54, 1.807) is 12.3 Å². The Morgan fingerprint density at radius 1 is 1.33 bits per heavy atom. The van der Waals surface area contributed by atoms with E-state index in [1.807, 2.05) is 6.08 Å². The average molecular weight is 288 g/mol. The molecular weight excluding hydrogens is 268 g/mol. The molecule has 0 fully saturated rings. The number of aromatic nitrogens is 2. The van der Waals surface area contributed by atoms with Gasteiger partial charge in [-0.05, 0) is 36.7 Å². The second-order valence-electron chi connectivity index (χ2n) is 4.94. The zero-order valence-corrected chi connectivity index (χ0v) is 12.4. The monoisotopic (exact) mass is 288 g/mol. The quantitative estimate of drug-likeness (QED) is 0.624. The van der Waals surface area contributed by atoms with Crippen molar-refractivity contribution in [3.05, 3.63) is 40.2 Å². The van der Waals surface area contributed by atoms with Gasteiger partial charge in [0.15, 0.2) is 0 Å². The molecule has 0 aliphatic rings. The predicted molar refractivity (Wildman–Crippen MR) is 83.9 cm³/mol. The molecule has 0 saturated heterocycles. The van der Waals surface area contributed by atoms with Gasteiger partial charge in [-0.3, -0.25) is 15.2 Å². The predicted octanol–water partition coefficient (Wildman–Crippen LogP) is 3.56. The van der Waals surface area contributed by atoms with Gasteiger partial charge in [-0.25, -0.2) is 0 Å². The Balaban J connectivity index is 2.32. The van der Waals surface area contributed by atoms with E-state index in [0.717, 1.165) is 36.9 Å². The minimum absolute atomic E-state index is 0.0543. The van der Waals surface area contributed by atoms with Gasteiger partial charge in [0.05, 0.1) is 11.1 Å². The number of aromatic amines is 1. The first-order valence-electron chi connectivity index (χ1n) is 7.20. The molecule has 0 saturated carbocycles. The summed E-state index contributed by atoms with van der Waals surface area (Å²) in [7, 11) is 0. The number of fused-ring (bicyclic) bond motifs is 1. The fourth-order valence-corrected chi connectivity index (χ4v) is 2.36. The molecule has 2 aromatic rings. The van der Waals surface area contributed by atoms with E-state index in [2.05, 4.69) is 35.1 Å². The van der Waals surface area contributed by atoms with Crippen LogP contribution >= 0.6 is 0 Å². The second-order valence-corrected chi connectivity index (χ2v) is 4.94. The van der Waals surface area contributed by atoms with Crippen LogP contribution in [0.15, 0.2) is 24.5 Å². The van der Waals surface area contributed by atoms with Crippen molar-refractivity contribution in [1.82, 2.24) is 15.1 Å². The van der Waals surface area contributed by atoms with Crippen molar-refractivity contribution in [2.45, 2.75) is 26.7 Å². The number of non-ortho nitro benzene ring substituents is 1. The fraction of sp³-hybridized carbons (Fsp3) is 0.400. The summed E-state index contributed by atoms with van der Waals surface area (Å²) in [5.41, 5.74) is 1.46. The SMILES string of the molecule is CCCN(/C=C/c1ccc([N+](=O)[O-])c2[nH]ncc12)CCC. The molecule has 0 amide bonds. The molecule has 0 bridgehead atoms. The summed E-state index contributed by atoms with van der Waals surface area (Å²) in [4.78, 5) is 12.9. The average Bonchev–Trinajstić information content (AvgIpc) is 2.94. The maximum absolute atomic E-state index is 11.0. The molecule has 0 spiro atoms. The Bertz CT molecular complexity index is 642. The molecule has 1 aromatic carbocycles. The highest BCUT2D eigenvalue weighted by Gasteiger charge is 2.14. The molecule has 1 heterocycles. The van der Waals surface area contributed by atoms with Crippen molar-refractivity contribution in [2.24, 2.45) is 0 Å². The van der Waals surface area contributed by atoms with Crippen LogP contribution in [0.25, 0.3) is 17.0 Å². The maximum atomic E-state index is 11.0. The van der Waals surface area contributed by atoms with Gasteiger partial charge in [0, 0.05) is 24.5 Å². The largest absolute Gasteiger partial charge is 0.377 e. The number of nitrogens with zero attached hydrogens (tertiary/aromatic N) is 3. The van der Waals surface area contributed by atoms with Gasteiger partial charge in [0.2, 0.25) is 0 Å². The van der Waals surface area contributed by atoms with Crippen molar-refractivity contribution >= 4 is 22.7 Å². The maximum Gasteiger partial charge on any atom is 0.294 e. The molecule has 6 nitrogen and oxygen atoms in total. The van der Waals surface area contributed by atoms with E-state index in [-0.39, 0.29) is 5.69 Å². The molecule has 112 valence electrons. The first-order chi connectivity index (χ1) is 10.2. The third-order valence-electron chi connectivity index (χ3n) is 3.31. The van der Waals surface area contributed by atoms with Gasteiger partial charge < -0.3 is 4.90 Å². The highest BCUT2D eigenvalue weighted by atomic mass is 16.6. The van der Waals surface area contributed by atoms with Crippen molar-refractivity contribution in [3.8, 4) is 0 Å². The van der Waals surface area contributed by atoms with Gasteiger partial charge in [0.1, 0.15) is 5.52 Å². The van der Waals surface area contributed by atoms with E-state index in [0.29, 0.717) is 5.52 Å². The fourth-order valence-electron chi connectivity index (χ4n) is 2.36. The van der Waals surface area contributed by atoms with E-state index < -0.39 is 4.92 Å². The Morgan fingerprint density at radius 2 is 2.05 bits per heavy atom. The molecule has 21 heavy (non-hydrogen) atoms. The van der Waals surface area contributed by atoms with Crippen LogP contribution in [0.5, 0.6) is 0 Å². The number of H-pyrrole nitrogens is 1. The molecule has 1 N–H and O–H groups in total. The molecule has 2 rings (SSSR count). The van der Waals surface area contributed by atoms with Crippen LogP contribution in [-0.4, -0.2) is 33.1 Å². The van der Waals surface area contributed by atoms with Gasteiger partial charge >= 0.3 is 0 Å². The molecule has 1 aromatic heterocycles. The zero-order valence-electron chi connectivity index (χ0n) is 12.4. The standard InChI is InChI=1S/C15H20N4O2/c1-3-8-18(9-4-2)10-7-12-5-6-14(19(20)21)15-13(12)11-16-17-15/h5-7,10-11H,3-4,8-9H2,1-2H3,(H,16,17)/b10-7+. The van der Waals surface area contributed by atoms with Crippen LogP contribution in [0, 0.1) is 10.1 Å². The highest BCUT2D eigenvalue weighted by Crippen LogP contribution is 2.27. The van der Waals surface area contributed by atoms with E-state index in [9.17, 15) is 10.1 Å². The van der Waals surface area contributed by atoms with Gasteiger partial charge in [0.25, 0.3) is 5.69 Å². The van der Waals surface area contributed by atoms with Gasteiger partial charge in [-0.15, -0.1) is 0 Å².